The highest BCUT2D eigenvalue weighted by atomic mass is 16.5. The largest absolute Gasteiger partial charge is 0.371 e. The smallest absolute Gasteiger partial charge is 0.167 e. The first-order valence-corrected chi connectivity index (χ1v) is 5.30. The quantitative estimate of drug-likeness (QED) is 0.711. The average Bonchev–Trinajstić information content (AvgIpc) is 2.60. The van der Waals surface area contributed by atoms with Crippen LogP contribution in [0.15, 0.2) is 12.3 Å². The van der Waals surface area contributed by atoms with Crippen molar-refractivity contribution in [2.24, 2.45) is 7.05 Å². The number of Topliss-reactive ketones (excluding diaryl/α,β-unsaturated/α-hetero) is 1. The number of rotatable bonds is 6. The molecule has 0 aliphatic heterocycles. The van der Waals surface area contributed by atoms with E-state index in [0.717, 1.165) is 12.1 Å². The van der Waals surface area contributed by atoms with Gasteiger partial charge in [0.15, 0.2) is 5.78 Å². The van der Waals surface area contributed by atoms with Gasteiger partial charge in [-0.25, -0.2) is 0 Å². The average molecular weight is 210 g/mol. The summed E-state index contributed by atoms with van der Waals surface area (Å²) in [5, 5.41) is 4.17. The molecule has 15 heavy (non-hydrogen) atoms. The summed E-state index contributed by atoms with van der Waals surface area (Å²) in [5.74, 6) is 0.109. The number of hydrogen-bond acceptors (Lipinski definition) is 3. The highest BCUT2D eigenvalue weighted by molar-refractivity contribution is 5.84. The standard InChI is InChI=1S/C11H18N2O2/c1-4-11(15-5-2)10(14)8-9-6-7-13(3)12-9/h6-7,11H,4-5,8H2,1-3H3. The van der Waals surface area contributed by atoms with Gasteiger partial charge in [-0.15, -0.1) is 0 Å². The van der Waals surface area contributed by atoms with Gasteiger partial charge < -0.3 is 4.74 Å². The maximum Gasteiger partial charge on any atom is 0.167 e. The molecule has 0 fully saturated rings. The number of aryl methyl sites for hydroxylation is 1. The Morgan fingerprint density at radius 1 is 1.60 bits per heavy atom. The minimum absolute atomic E-state index is 0.109. The molecule has 1 heterocycles. The number of nitrogens with zero attached hydrogens (tertiary/aromatic N) is 2. The third-order valence-corrected chi connectivity index (χ3v) is 2.22. The minimum Gasteiger partial charge on any atom is -0.371 e. The van der Waals surface area contributed by atoms with Crippen LogP contribution in [0.25, 0.3) is 0 Å². The van der Waals surface area contributed by atoms with E-state index in [4.69, 9.17) is 4.74 Å². The van der Waals surface area contributed by atoms with Crippen molar-refractivity contribution in [3.63, 3.8) is 0 Å². The predicted molar refractivity (Wildman–Crippen MR) is 57.6 cm³/mol. The molecule has 4 nitrogen and oxygen atoms in total. The molecule has 0 amide bonds. The molecule has 0 aliphatic rings. The van der Waals surface area contributed by atoms with E-state index in [1.807, 2.05) is 33.2 Å². The van der Waals surface area contributed by atoms with Crippen molar-refractivity contribution in [3.8, 4) is 0 Å². The van der Waals surface area contributed by atoms with Crippen LogP contribution in [0.5, 0.6) is 0 Å². The Kier molecular flexibility index (Phi) is 4.49. The Labute approximate surface area is 90.2 Å². The number of carbonyl (C=O) groups excluding carboxylic acids is 1. The molecule has 1 rings (SSSR count). The Morgan fingerprint density at radius 2 is 2.33 bits per heavy atom. The molecule has 0 aliphatic carbocycles. The highest BCUT2D eigenvalue weighted by Gasteiger charge is 2.17. The monoisotopic (exact) mass is 210 g/mol. The molecule has 1 aromatic rings. The number of ether oxygens (including phenoxy) is 1. The van der Waals surface area contributed by atoms with Crippen LogP contribution in [0, 0.1) is 0 Å². The summed E-state index contributed by atoms with van der Waals surface area (Å²) in [6.45, 7) is 4.43. The van der Waals surface area contributed by atoms with Crippen molar-refractivity contribution in [2.75, 3.05) is 6.61 Å². The van der Waals surface area contributed by atoms with Crippen LogP contribution in [0.3, 0.4) is 0 Å². The number of ketones is 1. The van der Waals surface area contributed by atoms with E-state index in [9.17, 15) is 4.79 Å². The molecule has 0 saturated heterocycles. The normalized spacial score (nSPS) is 12.7. The molecule has 1 unspecified atom stereocenters. The summed E-state index contributed by atoms with van der Waals surface area (Å²) < 4.78 is 7.05. The van der Waals surface area contributed by atoms with Gasteiger partial charge in [0.2, 0.25) is 0 Å². The highest BCUT2D eigenvalue weighted by Crippen LogP contribution is 2.05. The molecule has 0 N–H and O–H groups in total. The van der Waals surface area contributed by atoms with Crippen molar-refractivity contribution in [2.45, 2.75) is 32.8 Å². The zero-order valence-corrected chi connectivity index (χ0v) is 9.56. The van der Waals surface area contributed by atoms with Crippen LogP contribution >= 0.6 is 0 Å². The van der Waals surface area contributed by atoms with E-state index >= 15 is 0 Å². The SMILES string of the molecule is CCOC(CC)C(=O)Cc1ccn(C)n1. The van der Waals surface area contributed by atoms with E-state index < -0.39 is 0 Å². The van der Waals surface area contributed by atoms with E-state index in [-0.39, 0.29) is 11.9 Å². The summed E-state index contributed by atoms with van der Waals surface area (Å²) in [6.07, 6.45) is 2.64. The van der Waals surface area contributed by atoms with Gasteiger partial charge in [0.1, 0.15) is 6.10 Å². The van der Waals surface area contributed by atoms with E-state index in [1.54, 1.807) is 4.68 Å². The van der Waals surface area contributed by atoms with Gasteiger partial charge in [-0.3, -0.25) is 9.48 Å². The van der Waals surface area contributed by atoms with Gasteiger partial charge in [-0.05, 0) is 19.4 Å². The van der Waals surface area contributed by atoms with Crippen molar-refractivity contribution in [1.29, 1.82) is 0 Å². The Morgan fingerprint density at radius 3 is 2.80 bits per heavy atom. The Bertz CT molecular complexity index is 320. The summed E-state index contributed by atoms with van der Waals surface area (Å²) >= 11 is 0. The molecule has 1 aromatic heterocycles. The zero-order chi connectivity index (χ0) is 11.3. The molecule has 4 heteroatoms. The Hall–Kier alpha value is -1.16. The lowest BCUT2D eigenvalue weighted by molar-refractivity contribution is -0.129. The van der Waals surface area contributed by atoms with Crippen molar-refractivity contribution >= 4 is 5.78 Å². The number of aromatic nitrogens is 2. The van der Waals surface area contributed by atoms with Crippen LogP contribution in [-0.2, 0) is 23.0 Å². The summed E-state index contributed by atoms with van der Waals surface area (Å²) in [5.41, 5.74) is 0.806. The predicted octanol–water partition coefficient (Wildman–Crippen LogP) is 1.35. The van der Waals surface area contributed by atoms with Crippen molar-refractivity contribution in [1.82, 2.24) is 9.78 Å². The van der Waals surface area contributed by atoms with E-state index in [0.29, 0.717) is 13.0 Å². The topological polar surface area (TPSA) is 44.1 Å². The second kappa shape index (κ2) is 5.66. The number of carbonyl (C=O) groups is 1. The van der Waals surface area contributed by atoms with Gasteiger partial charge >= 0.3 is 0 Å². The first-order chi connectivity index (χ1) is 7.17. The lowest BCUT2D eigenvalue weighted by Gasteiger charge is -2.12. The maximum atomic E-state index is 11.8. The molecule has 0 bridgehead atoms. The Balaban J connectivity index is 2.53. The zero-order valence-electron chi connectivity index (χ0n) is 9.56. The lowest BCUT2D eigenvalue weighted by Crippen LogP contribution is -2.25. The van der Waals surface area contributed by atoms with Crippen LogP contribution in [0.4, 0.5) is 0 Å². The third kappa shape index (κ3) is 3.47. The van der Waals surface area contributed by atoms with E-state index in [1.165, 1.54) is 0 Å². The van der Waals surface area contributed by atoms with E-state index in [2.05, 4.69) is 5.10 Å². The number of hydrogen-bond donors (Lipinski definition) is 0. The van der Waals surface area contributed by atoms with Crippen molar-refractivity contribution < 1.29 is 9.53 Å². The van der Waals surface area contributed by atoms with Gasteiger partial charge in [-0.1, -0.05) is 6.92 Å². The lowest BCUT2D eigenvalue weighted by atomic mass is 10.1. The molecule has 0 spiro atoms. The molecule has 0 aromatic carbocycles. The van der Waals surface area contributed by atoms with Gasteiger partial charge in [-0.2, -0.15) is 5.10 Å². The fourth-order valence-corrected chi connectivity index (χ4v) is 1.49. The fraction of sp³-hybridized carbons (Fsp3) is 0.636. The molecule has 0 radical (unpaired) electrons. The summed E-state index contributed by atoms with van der Waals surface area (Å²) in [6, 6.07) is 1.86. The van der Waals surface area contributed by atoms with Crippen LogP contribution in [-0.4, -0.2) is 28.3 Å². The van der Waals surface area contributed by atoms with Crippen LogP contribution in [0.2, 0.25) is 0 Å². The molecule has 1 atom stereocenters. The third-order valence-electron chi connectivity index (χ3n) is 2.22. The van der Waals surface area contributed by atoms with Crippen LogP contribution in [0.1, 0.15) is 26.0 Å². The molecule has 0 saturated carbocycles. The van der Waals surface area contributed by atoms with Crippen molar-refractivity contribution in [3.05, 3.63) is 18.0 Å². The van der Waals surface area contributed by atoms with Gasteiger partial charge in [0, 0.05) is 19.9 Å². The van der Waals surface area contributed by atoms with Crippen LogP contribution < -0.4 is 0 Å². The minimum atomic E-state index is -0.281. The summed E-state index contributed by atoms with van der Waals surface area (Å²) in [4.78, 5) is 11.8. The first kappa shape index (κ1) is 11.9. The maximum absolute atomic E-state index is 11.8. The first-order valence-electron chi connectivity index (χ1n) is 5.30. The fourth-order valence-electron chi connectivity index (χ4n) is 1.49. The second-order valence-corrected chi connectivity index (χ2v) is 3.48. The van der Waals surface area contributed by atoms with Gasteiger partial charge in [0.25, 0.3) is 0 Å². The molecular formula is C11H18N2O2. The second-order valence-electron chi connectivity index (χ2n) is 3.48. The molecular weight excluding hydrogens is 192 g/mol. The molecule has 84 valence electrons. The van der Waals surface area contributed by atoms with Gasteiger partial charge in [0.05, 0.1) is 12.1 Å². The summed E-state index contributed by atoms with van der Waals surface area (Å²) in [7, 11) is 1.84.